The van der Waals surface area contributed by atoms with Crippen molar-refractivity contribution in [1.29, 1.82) is 0 Å². The highest BCUT2D eigenvalue weighted by molar-refractivity contribution is 6.06. The number of rotatable bonds is 0. The summed E-state index contributed by atoms with van der Waals surface area (Å²) in [6.07, 6.45) is 0.966. The molecule has 0 saturated carbocycles. The third-order valence-electron chi connectivity index (χ3n) is 4.40. The van der Waals surface area contributed by atoms with Gasteiger partial charge in [0.05, 0.1) is 16.5 Å². The van der Waals surface area contributed by atoms with E-state index >= 15 is 0 Å². The Morgan fingerprint density at radius 2 is 1.42 bits per heavy atom. The van der Waals surface area contributed by atoms with E-state index in [9.17, 15) is 0 Å². The summed E-state index contributed by atoms with van der Waals surface area (Å²) >= 11 is 0. The van der Waals surface area contributed by atoms with Gasteiger partial charge in [0.2, 0.25) is 0 Å². The average molecular weight is 369 g/mol. The standard InChI is InChI=1S/C20H13O.ClHO4/c1-3-7-16-13(5-1)9-10-19-18(16)12-15-11-14-6-2-4-8-17(14)20(15)21-19;2-1(3,4)5/h1-10,12H,11H2;(H,2,3,4,5)/q+1;/p-1. The maximum absolute atomic E-state index is 8.49. The molecule has 0 N–H and O–H groups in total. The first-order chi connectivity index (χ1) is 12.4. The molecule has 26 heavy (non-hydrogen) atoms. The van der Waals surface area contributed by atoms with Crippen LogP contribution < -0.4 is 18.6 Å². The first kappa shape index (κ1) is 16.9. The molecule has 0 spiro atoms. The summed E-state index contributed by atoms with van der Waals surface area (Å²) in [6.45, 7) is 0. The molecule has 1 aromatic heterocycles. The Kier molecular flexibility index (Phi) is 4.11. The second-order valence-electron chi connectivity index (χ2n) is 6.01. The number of hydrogen-bond donors (Lipinski definition) is 0. The van der Waals surface area contributed by atoms with Crippen LogP contribution in [0.4, 0.5) is 0 Å². The molecule has 5 nitrogen and oxygen atoms in total. The SMILES string of the molecule is [O-][Cl+3]([O-])([O-])[O-].c1ccc2c(c1)Cc1cc3c(ccc4ccccc43)[o+]c1-2. The molecule has 0 amide bonds. The zero-order valence-corrected chi connectivity index (χ0v) is 14.2. The molecule has 4 aromatic rings. The van der Waals surface area contributed by atoms with Gasteiger partial charge in [0.1, 0.15) is 0 Å². The lowest BCUT2D eigenvalue weighted by Crippen LogP contribution is -2.68. The van der Waals surface area contributed by atoms with Gasteiger partial charge in [-0.1, -0.05) is 42.5 Å². The first-order valence-corrected chi connectivity index (χ1v) is 9.11. The molecule has 0 aliphatic heterocycles. The van der Waals surface area contributed by atoms with Gasteiger partial charge in [-0.05, 0) is 34.5 Å². The molecule has 1 aliphatic carbocycles. The molecular formula is C20H13ClO5. The Labute approximate surface area is 151 Å². The van der Waals surface area contributed by atoms with Gasteiger partial charge in [-0.2, -0.15) is 0 Å². The van der Waals surface area contributed by atoms with Crippen molar-refractivity contribution in [3.63, 3.8) is 0 Å². The van der Waals surface area contributed by atoms with E-state index in [1.807, 2.05) is 0 Å². The van der Waals surface area contributed by atoms with E-state index in [-0.39, 0.29) is 0 Å². The number of halogens is 1. The Bertz CT molecular complexity index is 1110. The molecule has 0 radical (unpaired) electrons. The summed E-state index contributed by atoms with van der Waals surface area (Å²) in [5.74, 6) is 1.04. The molecule has 0 fully saturated rings. The van der Waals surface area contributed by atoms with E-state index in [2.05, 4.69) is 66.7 Å². The van der Waals surface area contributed by atoms with Gasteiger partial charge in [0.15, 0.2) is 0 Å². The summed E-state index contributed by atoms with van der Waals surface area (Å²) in [5.41, 5.74) is 4.85. The summed E-state index contributed by atoms with van der Waals surface area (Å²) in [6, 6.07) is 23.5. The number of benzene rings is 3. The molecule has 0 atom stereocenters. The Balaban J connectivity index is 0.000000301. The van der Waals surface area contributed by atoms with E-state index < -0.39 is 10.2 Å². The molecule has 130 valence electrons. The van der Waals surface area contributed by atoms with Crippen LogP contribution in [0.2, 0.25) is 0 Å². The van der Waals surface area contributed by atoms with Crippen molar-refractivity contribution >= 4 is 21.7 Å². The van der Waals surface area contributed by atoms with Crippen LogP contribution in [0, 0.1) is 10.2 Å². The second kappa shape index (κ2) is 6.32. The minimum absolute atomic E-state index is 0.962. The molecule has 1 heterocycles. The van der Waals surface area contributed by atoms with Crippen LogP contribution in [0.15, 0.2) is 71.1 Å². The summed E-state index contributed by atoms with van der Waals surface area (Å²) in [4.78, 5) is 0. The summed E-state index contributed by atoms with van der Waals surface area (Å²) < 4.78 is 40.2. The first-order valence-electron chi connectivity index (χ1n) is 7.88. The van der Waals surface area contributed by atoms with Crippen LogP contribution in [-0.2, 0) is 6.42 Å². The quantitative estimate of drug-likeness (QED) is 0.295. The van der Waals surface area contributed by atoms with Crippen LogP contribution in [0.25, 0.3) is 33.1 Å². The molecular weight excluding hydrogens is 356 g/mol. The third kappa shape index (κ3) is 3.26. The Morgan fingerprint density at radius 1 is 0.731 bits per heavy atom. The van der Waals surface area contributed by atoms with Gasteiger partial charge >= 0.3 is 11.3 Å². The van der Waals surface area contributed by atoms with Crippen molar-refractivity contribution in [3.05, 3.63) is 77.9 Å². The summed E-state index contributed by atoms with van der Waals surface area (Å²) in [5, 5.41) is 3.73. The highest BCUT2D eigenvalue weighted by Crippen LogP contribution is 2.40. The minimum atomic E-state index is -4.94. The fourth-order valence-electron chi connectivity index (χ4n) is 3.39. The van der Waals surface area contributed by atoms with E-state index in [1.165, 1.54) is 32.8 Å². The monoisotopic (exact) mass is 368 g/mol. The lowest BCUT2D eigenvalue weighted by atomic mass is 10.0. The molecule has 6 heteroatoms. The topological polar surface area (TPSA) is 104 Å². The van der Waals surface area contributed by atoms with Gasteiger partial charge in [-0.25, -0.2) is 23.1 Å². The highest BCUT2D eigenvalue weighted by Gasteiger charge is 2.30. The lowest BCUT2D eigenvalue weighted by molar-refractivity contribution is -2.00. The minimum Gasteiger partial charge on any atom is -0.222 e. The van der Waals surface area contributed by atoms with Crippen LogP contribution in [0.5, 0.6) is 0 Å². The fourth-order valence-corrected chi connectivity index (χ4v) is 3.39. The average Bonchev–Trinajstić information content (AvgIpc) is 2.96. The molecule has 3 aromatic carbocycles. The second-order valence-corrected chi connectivity index (χ2v) is 6.77. The zero-order valence-electron chi connectivity index (χ0n) is 13.5. The molecule has 0 unspecified atom stereocenters. The van der Waals surface area contributed by atoms with E-state index in [1.54, 1.807) is 0 Å². The van der Waals surface area contributed by atoms with Crippen LogP contribution in [-0.4, -0.2) is 0 Å². The number of fused-ring (bicyclic) bond motifs is 6. The van der Waals surface area contributed by atoms with Crippen molar-refractivity contribution in [2.45, 2.75) is 6.42 Å². The molecule has 1 aliphatic rings. The van der Waals surface area contributed by atoms with Crippen molar-refractivity contribution in [2.24, 2.45) is 0 Å². The smallest absolute Gasteiger partial charge is 0.222 e. The van der Waals surface area contributed by atoms with E-state index in [0.29, 0.717) is 0 Å². The van der Waals surface area contributed by atoms with Crippen LogP contribution in [0.1, 0.15) is 11.1 Å². The van der Waals surface area contributed by atoms with Gasteiger partial charge in [-0.3, -0.25) is 0 Å². The molecule has 0 saturated heterocycles. The predicted octanol–water partition coefficient (Wildman–Crippen LogP) is 0.682. The maximum Gasteiger partial charge on any atom is 0.364 e. The summed E-state index contributed by atoms with van der Waals surface area (Å²) in [7, 11) is -4.94. The third-order valence-corrected chi connectivity index (χ3v) is 4.40. The molecule has 5 rings (SSSR count). The predicted molar refractivity (Wildman–Crippen MR) is 86.4 cm³/mol. The maximum atomic E-state index is 8.49. The lowest BCUT2D eigenvalue weighted by Gasteiger charge is -2.17. The number of hydrogen-bond acceptors (Lipinski definition) is 4. The van der Waals surface area contributed by atoms with Crippen molar-refractivity contribution in [2.75, 3.05) is 0 Å². The van der Waals surface area contributed by atoms with Crippen LogP contribution in [0.3, 0.4) is 0 Å². The zero-order chi connectivity index (χ0) is 18.3. The van der Waals surface area contributed by atoms with Crippen molar-refractivity contribution in [1.82, 2.24) is 0 Å². The molecule has 0 bridgehead atoms. The Morgan fingerprint density at radius 3 is 2.23 bits per heavy atom. The van der Waals surface area contributed by atoms with E-state index in [4.69, 9.17) is 23.1 Å². The largest absolute Gasteiger partial charge is 0.364 e. The highest BCUT2D eigenvalue weighted by atomic mass is 35.7. The van der Waals surface area contributed by atoms with Crippen molar-refractivity contribution < 1.29 is 33.3 Å². The van der Waals surface area contributed by atoms with Crippen molar-refractivity contribution in [3.8, 4) is 11.3 Å². The van der Waals surface area contributed by atoms with Gasteiger partial charge < -0.3 is 0 Å². The van der Waals surface area contributed by atoms with Gasteiger partial charge in [0.25, 0.3) is 0 Å². The van der Waals surface area contributed by atoms with E-state index in [0.717, 1.165) is 17.8 Å². The fraction of sp³-hybridized carbons (Fsp3) is 0.0500. The Hall–Kier alpha value is -2.54. The normalized spacial score (nSPS) is 12.5. The van der Waals surface area contributed by atoms with Crippen LogP contribution >= 0.6 is 0 Å². The van der Waals surface area contributed by atoms with Gasteiger partial charge in [-0.15, -0.1) is 10.2 Å². The van der Waals surface area contributed by atoms with Gasteiger partial charge in [0, 0.05) is 12.5 Å².